The van der Waals surface area contributed by atoms with Crippen LogP contribution in [0.4, 0.5) is 0 Å². The Kier molecular flexibility index (Phi) is 4.43. The van der Waals surface area contributed by atoms with Crippen LogP contribution in [0, 0.1) is 0 Å². The van der Waals surface area contributed by atoms with Crippen LogP contribution in [0.25, 0.3) is 0 Å². The molecule has 0 radical (unpaired) electrons. The van der Waals surface area contributed by atoms with E-state index in [2.05, 4.69) is 35.1 Å². The number of nitrogens with one attached hydrogen (secondary N) is 1. The Morgan fingerprint density at radius 2 is 2.11 bits per heavy atom. The molecule has 0 fully saturated rings. The molecular weight excluding hydrogens is 304 g/mol. The predicted octanol–water partition coefficient (Wildman–Crippen LogP) is 3.76. The summed E-state index contributed by atoms with van der Waals surface area (Å²) in [6.07, 6.45) is 1.93. The Bertz CT molecular complexity index is 575. The highest BCUT2D eigenvalue weighted by Crippen LogP contribution is 2.13. The van der Waals surface area contributed by atoms with Gasteiger partial charge in [0.05, 0.1) is 0 Å². The minimum atomic E-state index is -0.0429. The van der Waals surface area contributed by atoms with Gasteiger partial charge in [0.25, 0.3) is 5.91 Å². The van der Waals surface area contributed by atoms with E-state index in [1.807, 2.05) is 47.2 Å². The Balaban J connectivity index is 2.03. The zero-order valence-electron chi connectivity index (χ0n) is 11.1. The zero-order valence-corrected chi connectivity index (χ0v) is 12.6. The molecule has 1 heterocycles. The Morgan fingerprint density at radius 3 is 2.79 bits per heavy atom. The number of carbonyl (C=O) groups is 1. The van der Waals surface area contributed by atoms with Gasteiger partial charge in [-0.15, -0.1) is 0 Å². The highest BCUT2D eigenvalue weighted by molar-refractivity contribution is 9.10. The molecule has 2 rings (SSSR count). The number of hydrogen-bond donors (Lipinski definition) is 1. The van der Waals surface area contributed by atoms with Crippen molar-refractivity contribution in [2.45, 2.75) is 26.4 Å². The van der Waals surface area contributed by atoms with Gasteiger partial charge in [0.15, 0.2) is 0 Å². The largest absolute Gasteiger partial charge is 0.347 e. The lowest BCUT2D eigenvalue weighted by atomic mass is 10.2. The molecule has 0 saturated heterocycles. The van der Waals surface area contributed by atoms with Gasteiger partial charge in [0.1, 0.15) is 5.69 Å². The first kappa shape index (κ1) is 13.9. The lowest BCUT2D eigenvalue weighted by Gasteiger charge is -2.13. The van der Waals surface area contributed by atoms with Crippen LogP contribution in [0.3, 0.4) is 0 Å². The maximum Gasteiger partial charge on any atom is 0.268 e. The van der Waals surface area contributed by atoms with Gasteiger partial charge in [-0.05, 0) is 43.7 Å². The predicted molar refractivity (Wildman–Crippen MR) is 80.1 cm³/mol. The van der Waals surface area contributed by atoms with Gasteiger partial charge >= 0.3 is 0 Å². The number of carbonyl (C=O) groups excluding carboxylic acids is 1. The van der Waals surface area contributed by atoms with E-state index in [1.165, 1.54) is 0 Å². The van der Waals surface area contributed by atoms with Crippen molar-refractivity contribution in [3.8, 4) is 0 Å². The van der Waals surface area contributed by atoms with E-state index in [0.29, 0.717) is 12.2 Å². The molecule has 4 heteroatoms. The minimum Gasteiger partial charge on any atom is -0.347 e. The van der Waals surface area contributed by atoms with Gasteiger partial charge < -0.3 is 9.88 Å². The highest BCUT2D eigenvalue weighted by atomic mass is 79.9. The third-order valence-corrected chi connectivity index (χ3v) is 3.40. The fourth-order valence-electron chi connectivity index (χ4n) is 1.96. The summed E-state index contributed by atoms with van der Waals surface area (Å²) in [4.78, 5) is 12.1. The standard InChI is InChI=1S/C15H17BrN2O/c1-11(2)18-8-4-7-14(18)15(19)17-10-12-5-3-6-13(16)9-12/h3-9,11H,10H2,1-2H3,(H,17,19). The normalized spacial score (nSPS) is 10.7. The molecule has 0 aliphatic carbocycles. The quantitative estimate of drug-likeness (QED) is 0.914. The fraction of sp³-hybridized carbons (Fsp3) is 0.267. The molecule has 0 atom stereocenters. The molecule has 2 aromatic rings. The molecule has 0 aliphatic heterocycles. The lowest BCUT2D eigenvalue weighted by Crippen LogP contribution is -2.25. The summed E-state index contributed by atoms with van der Waals surface area (Å²) in [5.74, 6) is -0.0429. The average molecular weight is 321 g/mol. The molecule has 19 heavy (non-hydrogen) atoms. The topological polar surface area (TPSA) is 34.0 Å². The number of hydrogen-bond acceptors (Lipinski definition) is 1. The van der Waals surface area contributed by atoms with Gasteiger partial charge in [0.2, 0.25) is 0 Å². The minimum absolute atomic E-state index is 0.0429. The van der Waals surface area contributed by atoms with Gasteiger partial charge in [-0.1, -0.05) is 28.1 Å². The number of benzene rings is 1. The first-order chi connectivity index (χ1) is 9.08. The van der Waals surface area contributed by atoms with E-state index >= 15 is 0 Å². The van der Waals surface area contributed by atoms with E-state index in [4.69, 9.17) is 0 Å². The molecule has 0 unspecified atom stereocenters. The van der Waals surface area contributed by atoms with Crippen LogP contribution in [0.5, 0.6) is 0 Å². The van der Waals surface area contributed by atoms with Crippen LogP contribution in [-0.4, -0.2) is 10.5 Å². The van der Waals surface area contributed by atoms with Crippen molar-refractivity contribution in [2.75, 3.05) is 0 Å². The Hall–Kier alpha value is -1.55. The van der Waals surface area contributed by atoms with E-state index in [9.17, 15) is 4.79 Å². The first-order valence-electron chi connectivity index (χ1n) is 6.27. The number of rotatable bonds is 4. The van der Waals surface area contributed by atoms with Crippen LogP contribution in [0.1, 0.15) is 35.9 Å². The van der Waals surface area contributed by atoms with Gasteiger partial charge in [-0.2, -0.15) is 0 Å². The van der Waals surface area contributed by atoms with Crippen LogP contribution in [-0.2, 0) is 6.54 Å². The molecule has 1 aromatic heterocycles. The summed E-state index contributed by atoms with van der Waals surface area (Å²) in [6.45, 7) is 4.65. The lowest BCUT2D eigenvalue weighted by molar-refractivity contribution is 0.0940. The second-order valence-corrected chi connectivity index (χ2v) is 5.62. The van der Waals surface area contributed by atoms with E-state index in [0.717, 1.165) is 10.0 Å². The summed E-state index contributed by atoms with van der Waals surface area (Å²) in [6, 6.07) is 11.9. The maximum atomic E-state index is 12.1. The van der Waals surface area contributed by atoms with Crippen molar-refractivity contribution in [3.63, 3.8) is 0 Å². The van der Waals surface area contributed by atoms with Gasteiger partial charge in [-0.3, -0.25) is 4.79 Å². The summed E-state index contributed by atoms with van der Waals surface area (Å²) < 4.78 is 2.99. The summed E-state index contributed by atoms with van der Waals surface area (Å²) in [5.41, 5.74) is 1.77. The molecule has 0 spiro atoms. The highest BCUT2D eigenvalue weighted by Gasteiger charge is 2.12. The smallest absolute Gasteiger partial charge is 0.268 e. The molecular formula is C15H17BrN2O. The van der Waals surface area contributed by atoms with E-state index in [1.54, 1.807) is 0 Å². The molecule has 0 saturated carbocycles. The fourth-order valence-corrected chi connectivity index (χ4v) is 2.40. The van der Waals surface area contributed by atoms with Crippen molar-refractivity contribution >= 4 is 21.8 Å². The van der Waals surface area contributed by atoms with Crippen LogP contribution in [0.2, 0.25) is 0 Å². The van der Waals surface area contributed by atoms with Crippen molar-refractivity contribution < 1.29 is 4.79 Å². The zero-order chi connectivity index (χ0) is 13.8. The average Bonchev–Trinajstić information content (AvgIpc) is 2.85. The summed E-state index contributed by atoms with van der Waals surface area (Å²) >= 11 is 3.42. The monoisotopic (exact) mass is 320 g/mol. The SMILES string of the molecule is CC(C)n1cccc1C(=O)NCc1cccc(Br)c1. The third-order valence-electron chi connectivity index (χ3n) is 2.91. The van der Waals surface area contributed by atoms with Crippen molar-refractivity contribution in [3.05, 3.63) is 58.3 Å². The van der Waals surface area contributed by atoms with Crippen LogP contribution >= 0.6 is 15.9 Å². The van der Waals surface area contributed by atoms with Crippen LogP contribution in [0.15, 0.2) is 47.1 Å². The number of amides is 1. The Labute approximate surface area is 121 Å². The Morgan fingerprint density at radius 1 is 1.32 bits per heavy atom. The second kappa shape index (κ2) is 6.06. The molecule has 0 bridgehead atoms. The van der Waals surface area contributed by atoms with Crippen molar-refractivity contribution in [1.82, 2.24) is 9.88 Å². The summed E-state index contributed by atoms with van der Waals surface area (Å²) in [5, 5.41) is 2.94. The molecule has 1 aromatic carbocycles. The molecule has 1 N–H and O–H groups in total. The summed E-state index contributed by atoms with van der Waals surface area (Å²) in [7, 11) is 0. The molecule has 100 valence electrons. The van der Waals surface area contributed by atoms with Gasteiger partial charge in [-0.25, -0.2) is 0 Å². The number of aromatic nitrogens is 1. The number of nitrogens with zero attached hydrogens (tertiary/aromatic N) is 1. The molecule has 0 aliphatic rings. The second-order valence-electron chi connectivity index (χ2n) is 4.71. The van der Waals surface area contributed by atoms with Gasteiger partial charge in [0, 0.05) is 23.3 Å². The van der Waals surface area contributed by atoms with E-state index < -0.39 is 0 Å². The van der Waals surface area contributed by atoms with E-state index in [-0.39, 0.29) is 11.9 Å². The first-order valence-corrected chi connectivity index (χ1v) is 7.06. The number of halogens is 1. The maximum absolute atomic E-state index is 12.1. The van der Waals surface area contributed by atoms with Crippen LogP contribution < -0.4 is 5.32 Å². The molecule has 1 amide bonds. The van der Waals surface area contributed by atoms with Crippen molar-refractivity contribution in [1.29, 1.82) is 0 Å². The van der Waals surface area contributed by atoms with Crippen molar-refractivity contribution in [2.24, 2.45) is 0 Å². The molecule has 3 nitrogen and oxygen atoms in total. The third kappa shape index (κ3) is 3.47.